The van der Waals surface area contributed by atoms with Gasteiger partial charge >= 0.3 is 11.9 Å². The predicted molar refractivity (Wildman–Crippen MR) is 124 cm³/mol. The molecule has 210 valence electrons. The predicted octanol–water partition coefficient (Wildman–Crippen LogP) is -0.645. The fraction of sp³-hybridized carbons (Fsp3) is 0.636. The number of amidine groups is 1. The van der Waals surface area contributed by atoms with E-state index in [0.29, 0.717) is 5.06 Å². The number of hydroxylamine groups is 2. The van der Waals surface area contributed by atoms with Crippen LogP contribution in [0.1, 0.15) is 51.4 Å². The summed E-state index contributed by atoms with van der Waals surface area (Å²) in [5, 5.41) is 16.7. The minimum atomic E-state index is -0.887. The van der Waals surface area contributed by atoms with Crippen LogP contribution >= 0.6 is 0 Å². The third kappa shape index (κ3) is 11.0. The summed E-state index contributed by atoms with van der Waals surface area (Å²) in [7, 11) is 0. The lowest BCUT2D eigenvalue weighted by Gasteiger charge is -2.17. The van der Waals surface area contributed by atoms with Crippen LogP contribution in [-0.2, 0) is 52.6 Å². The van der Waals surface area contributed by atoms with Crippen LogP contribution in [0, 0.1) is 10.8 Å². The molecule has 38 heavy (non-hydrogen) atoms. The second kappa shape index (κ2) is 16.0. The quantitative estimate of drug-likeness (QED) is 0.0689. The maximum atomic E-state index is 11.6. The second-order valence-corrected chi connectivity index (χ2v) is 7.98. The Bertz CT molecular complexity index is 833. The van der Waals surface area contributed by atoms with Gasteiger partial charge in [-0.05, 0) is 0 Å². The molecule has 0 bridgehead atoms. The zero-order valence-electron chi connectivity index (χ0n) is 20.8. The van der Waals surface area contributed by atoms with E-state index in [4.69, 9.17) is 29.8 Å². The van der Waals surface area contributed by atoms with Crippen LogP contribution in [0.2, 0.25) is 0 Å². The molecule has 0 atom stereocenters. The highest BCUT2D eigenvalue weighted by molar-refractivity contribution is 6.03. The molecular formula is C22H31N5O11. The molecule has 3 N–H and O–H groups in total. The average Bonchev–Trinajstić information content (AvgIpc) is 3.37. The van der Waals surface area contributed by atoms with Crippen LogP contribution < -0.4 is 5.43 Å². The SMILES string of the molecule is N=C(CCC(=N)OCCOCCOCCOC(=O)CCC(=O)ON1C(=O)CCC1=O)NN1C(=O)CCC1=O. The van der Waals surface area contributed by atoms with Gasteiger partial charge in [-0.1, -0.05) is 0 Å². The highest BCUT2D eigenvalue weighted by Crippen LogP contribution is 2.13. The van der Waals surface area contributed by atoms with Gasteiger partial charge in [-0.3, -0.25) is 40.2 Å². The molecule has 0 aromatic heterocycles. The molecule has 0 radical (unpaired) electrons. The van der Waals surface area contributed by atoms with Crippen molar-refractivity contribution in [2.75, 3.05) is 39.6 Å². The number of rotatable bonds is 17. The molecule has 4 amide bonds. The van der Waals surface area contributed by atoms with E-state index in [2.05, 4.69) is 10.3 Å². The molecule has 0 unspecified atom stereocenters. The Hall–Kier alpha value is -3.92. The Balaban J connectivity index is 1.37. The molecule has 0 aromatic rings. The van der Waals surface area contributed by atoms with Crippen LogP contribution in [0.25, 0.3) is 0 Å². The number of amides is 4. The summed E-state index contributed by atoms with van der Waals surface area (Å²) in [6.07, 6.45) is -0.203. The first-order valence-electron chi connectivity index (χ1n) is 11.9. The Morgan fingerprint density at radius 3 is 1.76 bits per heavy atom. The van der Waals surface area contributed by atoms with Crippen LogP contribution in [-0.4, -0.2) is 97.0 Å². The lowest BCUT2D eigenvalue weighted by atomic mass is 10.3. The molecule has 2 rings (SSSR count). The van der Waals surface area contributed by atoms with E-state index in [1.165, 1.54) is 0 Å². The zero-order chi connectivity index (χ0) is 27.9. The van der Waals surface area contributed by atoms with Crippen molar-refractivity contribution in [3.63, 3.8) is 0 Å². The number of hydrogen-bond acceptors (Lipinski definition) is 13. The van der Waals surface area contributed by atoms with E-state index < -0.39 is 23.8 Å². The molecule has 16 heteroatoms. The molecule has 2 heterocycles. The van der Waals surface area contributed by atoms with E-state index in [-0.39, 0.29) is 115 Å². The van der Waals surface area contributed by atoms with E-state index in [0.717, 1.165) is 5.01 Å². The molecule has 2 aliphatic heterocycles. The second-order valence-electron chi connectivity index (χ2n) is 7.98. The third-order valence-corrected chi connectivity index (χ3v) is 5.00. The number of esters is 1. The number of nitrogens with one attached hydrogen (secondary N) is 3. The molecule has 0 aromatic carbocycles. The monoisotopic (exact) mass is 541 g/mol. The number of carbonyl (C=O) groups is 6. The summed E-state index contributed by atoms with van der Waals surface area (Å²) in [5.41, 5.74) is 2.43. The highest BCUT2D eigenvalue weighted by Gasteiger charge is 2.33. The fourth-order valence-corrected chi connectivity index (χ4v) is 3.04. The lowest BCUT2D eigenvalue weighted by Crippen LogP contribution is -2.45. The summed E-state index contributed by atoms with van der Waals surface area (Å²) in [6, 6.07) is 0. The fourth-order valence-electron chi connectivity index (χ4n) is 3.04. The smallest absolute Gasteiger partial charge is 0.333 e. The number of ether oxygens (including phenoxy) is 4. The van der Waals surface area contributed by atoms with Crippen molar-refractivity contribution < 1.29 is 52.6 Å². The summed E-state index contributed by atoms with van der Waals surface area (Å²) in [5.74, 6) is -3.66. The molecule has 0 saturated carbocycles. The van der Waals surface area contributed by atoms with Crippen LogP contribution in [0.3, 0.4) is 0 Å². The maximum absolute atomic E-state index is 11.6. The molecular weight excluding hydrogens is 510 g/mol. The van der Waals surface area contributed by atoms with Crippen molar-refractivity contribution in [3.8, 4) is 0 Å². The molecule has 16 nitrogen and oxygen atoms in total. The van der Waals surface area contributed by atoms with Gasteiger partial charge < -0.3 is 23.8 Å². The number of hydrazine groups is 1. The van der Waals surface area contributed by atoms with Crippen LogP contribution in [0.5, 0.6) is 0 Å². The number of imide groups is 2. The highest BCUT2D eigenvalue weighted by atomic mass is 16.7. The van der Waals surface area contributed by atoms with Gasteiger partial charge in [0, 0.05) is 38.5 Å². The topological polar surface area (TPSA) is 215 Å². The van der Waals surface area contributed by atoms with Crippen molar-refractivity contribution in [3.05, 3.63) is 0 Å². The Kier molecular flexibility index (Phi) is 12.8. The van der Waals surface area contributed by atoms with Gasteiger partial charge in [-0.15, -0.1) is 5.06 Å². The molecule has 2 fully saturated rings. The first-order valence-corrected chi connectivity index (χ1v) is 11.9. The molecule has 2 saturated heterocycles. The summed E-state index contributed by atoms with van der Waals surface area (Å²) >= 11 is 0. The summed E-state index contributed by atoms with van der Waals surface area (Å²) < 4.78 is 20.6. The summed E-state index contributed by atoms with van der Waals surface area (Å²) in [6.45, 7) is 0.820. The van der Waals surface area contributed by atoms with Gasteiger partial charge in [0.2, 0.25) is 11.8 Å². The number of hydrogen-bond donors (Lipinski definition) is 3. The molecule has 0 aliphatic carbocycles. The van der Waals surface area contributed by atoms with Gasteiger partial charge in [0.25, 0.3) is 11.8 Å². The lowest BCUT2D eigenvalue weighted by molar-refractivity contribution is -0.197. The van der Waals surface area contributed by atoms with Gasteiger partial charge in [0.1, 0.15) is 19.0 Å². The zero-order valence-corrected chi connectivity index (χ0v) is 20.8. The van der Waals surface area contributed by atoms with Crippen molar-refractivity contribution in [1.82, 2.24) is 15.5 Å². The van der Waals surface area contributed by atoms with Gasteiger partial charge in [0.05, 0.1) is 39.3 Å². The van der Waals surface area contributed by atoms with Crippen LogP contribution in [0.15, 0.2) is 0 Å². The van der Waals surface area contributed by atoms with Crippen molar-refractivity contribution in [2.24, 2.45) is 0 Å². The van der Waals surface area contributed by atoms with Crippen molar-refractivity contribution in [2.45, 2.75) is 51.4 Å². The van der Waals surface area contributed by atoms with E-state index in [1.54, 1.807) is 0 Å². The van der Waals surface area contributed by atoms with E-state index in [9.17, 15) is 28.8 Å². The van der Waals surface area contributed by atoms with Gasteiger partial charge in [-0.2, -0.15) is 5.01 Å². The van der Waals surface area contributed by atoms with E-state index >= 15 is 0 Å². The van der Waals surface area contributed by atoms with Crippen molar-refractivity contribution in [1.29, 1.82) is 10.8 Å². The standard InChI is InChI=1S/C22H31N5O11/c23-15(25-26-17(28)3-4-18(26)29)1-2-16(24)36-13-11-34-9-10-35-12-14-37-21(32)7-8-22(33)38-27-19(30)5-6-20(27)31/h24H,1-14H2,(H2,23,25). The largest absolute Gasteiger partial charge is 0.479 e. The molecule has 2 aliphatic rings. The first-order chi connectivity index (χ1) is 18.2. The van der Waals surface area contributed by atoms with Gasteiger partial charge in [0.15, 0.2) is 5.90 Å². The normalized spacial score (nSPS) is 15.2. The van der Waals surface area contributed by atoms with Crippen LogP contribution in [0.4, 0.5) is 0 Å². The minimum Gasteiger partial charge on any atom is -0.479 e. The third-order valence-electron chi connectivity index (χ3n) is 5.00. The Morgan fingerprint density at radius 1 is 0.658 bits per heavy atom. The van der Waals surface area contributed by atoms with Gasteiger partial charge in [-0.25, -0.2) is 4.79 Å². The number of nitrogens with zero attached hydrogens (tertiary/aromatic N) is 2. The minimum absolute atomic E-state index is 0.0149. The average molecular weight is 542 g/mol. The maximum Gasteiger partial charge on any atom is 0.333 e. The van der Waals surface area contributed by atoms with Crippen molar-refractivity contribution >= 4 is 47.3 Å². The Labute approximate surface area is 217 Å². The molecule has 0 spiro atoms. The first kappa shape index (κ1) is 30.3. The van der Waals surface area contributed by atoms with E-state index in [1.807, 2.05) is 0 Å². The Morgan fingerprint density at radius 2 is 1.16 bits per heavy atom. The number of carbonyl (C=O) groups excluding carboxylic acids is 6. The summed E-state index contributed by atoms with van der Waals surface area (Å²) in [4.78, 5) is 73.6.